The van der Waals surface area contributed by atoms with Gasteiger partial charge in [0.25, 0.3) is 0 Å². The fourth-order valence-corrected chi connectivity index (χ4v) is 5.15. The maximum Gasteiger partial charge on any atom is 0.0992 e. The number of hydrogen-bond acceptors (Lipinski definition) is 4. The number of nitrogens with zero attached hydrogens (tertiary/aromatic N) is 3. The van der Waals surface area contributed by atoms with Gasteiger partial charge >= 0.3 is 0 Å². The molecule has 0 spiro atoms. The molecule has 1 unspecified atom stereocenters. The van der Waals surface area contributed by atoms with E-state index >= 15 is 0 Å². The molecule has 0 saturated carbocycles. The molecule has 134 valence electrons. The zero-order valence-electron chi connectivity index (χ0n) is 15.3. The Bertz CT molecular complexity index is 818. The number of nitriles is 1. The Morgan fingerprint density at radius 2 is 1.73 bits per heavy atom. The lowest BCUT2D eigenvalue weighted by Gasteiger charge is -2.39. The second-order valence-electron chi connectivity index (χ2n) is 7.30. The minimum absolute atomic E-state index is 0.364. The number of fused-ring (bicyclic) bond motifs is 2. The third-order valence-corrected chi connectivity index (χ3v) is 6.48. The molecule has 4 rings (SSSR count). The van der Waals surface area contributed by atoms with Crippen LogP contribution in [0.25, 0.3) is 0 Å². The van der Waals surface area contributed by atoms with Crippen LogP contribution in [-0.2, 0) is 0 Å². The van der Waals surface area contributed by atoms with Crippen LogP contribution < -0.4 is 4.90 Å². The summed E-state index contributed by atoms with van der Waals surface area (Å²) in [4.78, 5) is 7.61. The fraction of sp³-hybridized carbons (Fsp3) is 0.409. The van der Waals surface area contributed by atoms with E-state index in [-0.39, 0.29) is 0 Å². The van der Waals surface area contributed by atoms with E-state index < -0.39 is 0 Å². The van der Waals surface area contributed by atoms with Crippen LogP contribution in [0.5, 0.6) is 0 Å². The van der Waals surface area contributed by atoms with Gasteiger partial charge in [0.2, 0.25) is 0 Å². The Hall–Kier alpha value is -1.96. The molecule has 0 bridgehead atoms. The maximum absolute atomic E-state index is 9.37. The molecule has 3 nitrogen and oxygen atoms in total. The van der Waals surface area contributed by atoms with E-state index in [1.165, 1.54) is 59.9 Å². The topological polar surface area (TPSA) is 30.3 Å². The summed E-state index contributed by atoms with van der Waals surface area (Å²) >= 11 is 1.81. The lowest BCUT2D eigenvalue weighted by molar-refractivity contribution is 0.271. The predicted octanol–water partition coefficient (Wildman–Crippen LogP) is 5.43. The van der Waals surface area contributed by atoms with Gasteiger partial charge in [0.15, 0.2) is 0 Å². The smallest absolute Gasteiger partial charge is 0.0992 e. The first-order valence-corrected chi connectivity index (χ1v) is 10.4. The van der Waals surface area contributed by atoms with E-state index in [0.717, 1.165) is 12.1 Å². The average molecular weight is 364 g/mol. The van der Waals surface area contributed by atoms with Crippen molar-refractivity contribution < 1.29 is 0 Å². The molecule has 1 fully saturated rings. The summed E-state index contributed by atoms with van der Waals surface area (Å²) in [5.41, 5.74) is 3.17. The lowest BCUT2D eigenvalue weighted by Crippen LogP contribution is -2.41. The van der Waals surface area contributed by atoms with Crippen molar-refractivity contribution in [3.63, 3.8) is 0 Å². The number of anilines is 2. The van der Waals surface area contributed by atoms with Crippen LogP contribution in [-0.4, -0.2) is 30.6 Å². The van der Waals surface area contributed by atoms with E-state index in [0.29, 0.717) is 6.04 Å². The lowest BCUT2D eigenvalue weighted by atomic mass is 10.1. The summed E-state index contributed by atoms with van der Waals surface area (Å²) in [7, 11) is 0. The molecule has 1 saturated heterocycles. The van der Waals surface area contributed by atoms with Gasteiger partial charge in [0.05, 0.1) is 23.0 Å². The van der Waals surface area contributed by atoms with Crippen molar-refractivity contribution in [1.82, 2.24) is 4.90 Å². The molecule has 26 heavy (non-hydrogen) atoms. The largest absolute Gasteiger partial charge is 0.335 e. The molecule has 2 aliphatic rings. The van der Waals surface area contributed by atoms with Crippen LogP contribution in [0.3, 0.4) is 0 Å². The number of benzene rings is 2. The normalized spacial score (nSPS) is 18.4. The first-order chi connectivity index (χ1) is 12.8. The molecular weight excluding hydrogens is 338 g/mol. The second kappa shape index (κ2) is 7.73. The molecule has 1 atom stereocenters. The zero-order valence-corrected chi connectivity index (χ0v) is 16.1. The Kier molecular flexibility index (Phi) is 5.19. The third kappa shape index (κ3) is 3.47. The van der Waals surface area contributed by atoms with Crippen LogP contribution in [0.15, 0.2) is 52.3 Å². The van der Waals surface area contributed by atoms with Crippen molar-refractivity contribution in [2.24, 2.45) is 0 Å². The number of rotatable bonds is 3. The summed E-state index contributed by atoms with van der Waals surface area (Å²) in [5.74, 6) is 0. The molecule has 2 aromatic carbocycles. The standard InChI is InChI=1S/C22H25N3S/c1-17(16-24-12-6-2-3-7-13-24)25-19-8-4-5-9-21(19)26-22-11-10-18(15-23)14-20(22)25/h4-5,8-11,14,17H,2-3,6-7,12-13,16H2,1H3. The molecule has 0 N–H and O–H groups in total. The monoisotopic (exact) mass is 363 g/mol. The van der Waals surface area contributed by atoms with Gasteiger partial charge in [-0.3, -0.25) is 0 Å². The Labute approximate surface area is 160 Å². The van der Waals surface area contributed by atoms with Crippen molar-refractivity contribution in [2.75, 3.05) is 24.5 Å². The molecule has 0 aromatic heterocycles. The Balaban J connectivity index is 1.68. The first-order valence-electron chi connectivity index (χ1n) is 9.59. The molecule has 0 radical (unpaired) electrons. The SMILES string of the molecule is CC(CN1CCCCCC1)N1c2ccccc2Sc2ccc(C#N)cc21. The number of para-hydroxylation sites is 1. The van der Waals surface area contributed by atoms with Crippen LogP contribution >= 0.6 is 11.8 Å². The van der Waals surface area contributed by atoms with Gasteiger partial charge in [-0.2, -0.15) is 5.26 Å². The van der Waals surface area contributed by atoms with Gasteiger partial charge in [0.1, 0.15) is 0 Å². The highest BCUT2D eigenvalue weighted by Crippen LogP contribution is 2.49. The van der Waals surface area contributed by atoms with Crippen LogP contribution in [0.1, 0.15) is 38.2 Å². The van der Waals surface area contributed by atoms with Gasteiger partial charge in [0, 0.05) is 22.4 Å². The molecule has 0 aliphatic carbocycles. The molecule has 0 amide bonds. The Morgan fingerprint density at radius 3 is 2.50 bits per heavy atom. The summed E-state index contributed by atoms with van der Waals surface area (Å²) in [6.07, 6.45) is 5.35. The van der Waals surface area contributed by atoms with Crippen molar-refractivity contribution in [3.8, 4) is 6.07 Å². The van der Waals surface area contributed by atoms with Gasteiger partial charge in [-0.05, 0) is 63.2 Å². The average Bonchev–Trinajstić information content (AvgIpc) is 2.94. The summed E-state index contributed by atoms with van der Waals surface area (Å²) < 4.78 is 0. The summed E-state index contributed by atoms with van der Waals surface area (Å²) in [6, 6.07) is 17.4. The molecule has 2 heterocycles. The number of likely N-dealkylation sites (tertiary alicyclic amines) is 1. The molecular formula is C22H25N3S. The quantitative estimate of drug-likeness (QED) is 0.728. The van der Waals surface area contributed by atoms with Crippen LogP contribution in [0.4, 0.5) is 11.4 Å². The minimum atomic E-state index is 0.364. The van der Waals surface area contributed by atoms with Crippen LogP contribution in [0.2, 0.25) is 0 Å². The van der Waals surface area contributed by atoms with Crippen LogP contribution in [0, 0.1) is 11.3 Å². The van der Waals surface area contributed by atoms with Crippen molar-refractivity contribution in [3.05, 3.63) is 48.0 Å². The molecule has 4 heteroatoms. The van der Waals surface area contributed by atoms with Gasteiger partial charge in [-0.25, -0.2) is 0 Å². The van der Waals surface area contributed by atoms with E-state index in [2.05, 4.69) is 59.2 Å². The third-order valence-electron chi connectivity index (χ3n) is 5.35. The highest BCUT2D eigenvalue weighted by Gasteiger charge is 2.28. The van der Waals surface area contributed by atoms with E-state index in [9.17, 15) is 5.26 Å². The summed E-state index contributed by atoms with van der Waals surface area (Å²) in [5, 5.41) is 9.37. The van der Waals surface area contributed by atoms with Gasteiger partial charge in [-0.1, -0.05) is 36.7 Å². The van der Waals surface area contributed by atoms with Gasteiger partial charge < -0.3 is 9.80 Å². The highest BCUT2D eigenvalue weighted by atomic mass is 32.2. The first kappa shape index (κ1) is 17.5. The molecule has 2 aliphatic heterocycles. The minimum Gasteiger partial charge on any atom is -0.335 e. The Morgan fingerprint density at radius 1 is 1.00 bits per heavy atom. The summed E-state index contributed by atoms with van der Waals surface area (Å²) in [6.45, 7) is 5.80. The fourth-order valence-electron chi connectivity index (χ4n) is 4.10. The predicted molar refractivity (Wildman–Crippen MR) is 108 cm³/mol. The van der Waals surface area contributed by atoms with Gasteiger partial charge in [-0.15, -0.1) is 0 Å². The van der Waals surface area contributed by atoms with Crippen molar-refractivity contribution in [2.45, 2.75) is 48.4 Å². The molecule has 2 aromatic rings. The maximum atomic E-state index is 9.37. The second-order valence-corrected chi connectivity index (χ2v) is 8.38. The van der Waals surface area contributed by atoms with E-state index in [4.69, 9.17) is 0 Å². The van der Waals surface area contributed by atoms with Crippen molar-refractivity contribution in [1.29, 1.82) is 5.26 Å². The van der Waals surface area contributed by atoms with Crippen molar-refractivity contribution >= 4 is 23.1 Å². The van der Waals surface area contributed by atoms with E-state index in [1.807, 2.05) is 17.8 Å². The van der Waals surface area contributed by atoms with E-state index in [1.54, 1.807) is 0 Å². The zero-order chi connectivity index (χ0) is 17.9. The highest BCUT2D eigenvalue weighted by molar-refractivity contribution is 7.99. The number of hydrogen-bond donors (Lipinski definition) is 0.